The maximum absolute atomic E-state index is 12.5. The largest absolute Gasteiger partial charge is 0.339 e. The van der Waals surface area contributed by atoms with Gasteiger partial charge in [0.05, 0.1) is 5.02 Å². The summed E-state index contributed by atoms with van der Waals surface area (Å²) in [7, 11) is -3.94. The Balaban J connectivity index is 2.25. The lowest BCUT2D eigenvalue weighted by Crippen LogP contribution is -2.37. The molecule has 0 bridgehead atoms. The molecular formula is C14H19ClN2O3S. The number of hydrogen-bond acceptors (Lipinski definition) is 3. The van der Waals surface area contributed by atoms with Gasteiger partial charge in [-0.05, 0) is 43.9 Å². The first-order valence-corrected chi connectivity index (χ1v) is 8.87. The summed E-state index contributed by atoms with van der Waals surface area (Å²) >= 11 is 5.83. The van der Waals surface area contributed by atoms with Crippen molar-refractivity contribution in [2.24, 2.45) is 11.1 Å². The number of amides is 1. The number of carbonyl (C=O) groups excluding carboxylic acids is 1. The molecule has 0 radical (unpaired) electrons. The molecule has 2 rings (SSSR count). The van der Waals surface area contributed by atoms with E-state index in [1.807, 2.05) is 6.92 Å². The molecule has 1 aromatic rings. The molecular weight excluding hydrogens is 312 g/mol. The van der Waals surface area contributed by atoms with Crippen molar-refractivity contribution in [1.29, 1.82) is 0 Å². The highest BCUT2D eigenvalue weighted by Gasteiger charge is 2.24. The van der Waals surface area contributed by atoms with Crippen LogP contribution < -0.4 is 5.14 Å². The minimum atomic E-state index is -3.94. The average Bonchev–Trinajstić information content (AvgIpc) is 2.36. The quantitative estimate of drug-likeness (QED) is 0.899. The highest BCUT2D eigenvalue weighted by atomic mass is 35.5. The predicted octanol–water partition coefficient (Wildman–Crippen LogP) is 2.25. The van der Waals surface area contributed by atoms with E-state index in [0.29, 0.717) is 24.6 Å². The van der Waals surface area contributed by atoms with Crippen LogP contribution in [0.2, 0.25) is 5.02 Å². The Morgan fingerprint density at radius 2 is 2.10 bits per heavy atom. The summed E-state index contributed by atoms with van der Waals surface area (Å²) in [6.45, 7) is 3.21. The molecule has 0 spiro atoms. The van der Waals surface area contributed by atoms with Crippen molar-refractivity contribution in [1.82, 2.24) is 4.90 Å². The second-order valence-electron chi connectivity index (χ2n) is 5.33. The Hall–Kier alpha value is -1.11. The monoisotopic (exact) mass is 330 g/mol. The van der Waals surface area contributed by atoms with Crippen molar-refractivity contribution in [3.05, 3.63) is 28.8 Å². The van der Waals surface area contributed by atoms with E-state index in [4.69, 9.17) is 16.7 Å². The zero-order valence-corrected chi connectivity index (χ0v) is 13.5. The molecule has 0 unspecified atom stereocenters. The Labute approximate surface area is 130 Å². The molecule has 5 nitrogen and oxygen atoms in total. The highest BCUT2D eigenvalue weighted by Crippen LogP contribution is 2.28. The van der Waals surface area contributed by atoms with E-state index in [0.717, 1.165) is 12.8 Å². The number of benzene rings is 1. The molecule has 21 heavy (non-hydrogen) atoms. The number of sulfonamides is 1. The maximum Gasteiger partial charge on any atom is 0.253 e. The third-order valence-corrected chi connectivity index (χ3v) is 5.25. The number of primary sulfonamides is 1. The van der Waals surface area contributed by atoms with Gasteiger partial charge in [-0.25, -0.2) is 13.6 Å². The maximum atomic E-state index is 12.5. The summed E-state index contributed by atoms with van der Waals surface area (Å²) in [6, 6.07) is 4.18. The van der Waals surface area contributed by atoms with E-state index in [2.05, 4.69) is 0 Å². The normalized spacial score (nSPS) is 15.6. The third kappa shape index (κ3) is 3.75. The molecule has 1 amide bonds. The van der Waals surface area contributed by atoms with E-state index in [1.54, 1.807) is 4.90 Å². The molecule has 2 N–H and O–H groups in total. The molecule has 0 atom stereocenters. The zero-order chi connectivity index (χ0) is 15.6. The standard InChI is InChI=1S/C14H19ClN2O3S/c1-2-17(9-10-4-3-5-10)14(18)11-6-7-12(15)13(8-11)21(16,19)20/h6-8,10H,2-5,9H2,1H3,(H2,16,19,20). The van der Waals surface area contributed by atoms with E-state index >= 15 is 0 Å². The van der Waals surface area contributed by atoms with E-state index in [-0.39, 0.29) is 15.8 Å². The minimum absolute atomic E-state index is 0.0242. The zero-order valence-electron chi connectivity index (χ0n) is 11.9. The average molecular weight is 331 g/mol. The molecule has 1 aromatic carbocycles. The first-order chi connectivity index (χ1) is 9.82. The number of rotatable bonds is 5. The smallest absolute Gasteiger partial charge is 0.253 e. The first kappa shape index (κ1) is 16.3. The predicted molar refractivity (Wildman–Crippen MR) is 81.7 cm³/mol. The summed E-state index contributed by atoms with van der Waals surface area (Å²) < 4.78 is 22.9. The summed E-state index contributed by atoms with van der Waals surface area (Å²) in [4.78, 5) is 14.0. The number of hydrogen-bond donors (Lipinski definition) is 1. The SMILES string of the molecule is CCN(CC1CCC1)C(=O)c1ccc(Cl)c(S(N)(=O)=O)c1. The van der Waals surface area contributed by atoms with Gasteiger partial charge in [-0.1, -0.05) is 18.0 Å². The van der Waals surface area contributed by atoms with Gasteiger partial charge in [-0.2, -0.15) is 0 Å². The van der Waals surface area contributed by atoms with Crippen LogP contribution in [0.5, 0.6) is 0 Å². The van der Waals surface area contributed by atoms with Gasteiger partial charge in [-0.15, -0.1) is 0 Å². The lowest BCUT2D eigenvalue weighted by molar-refractivity contribution is 0.0706. The summed E-state index contributed by atoms with van der Waals surface area (Å²) in [6.07, 6.45) is 3.51. The van der Waals surface area contributed by atoms with Crippen LogP contribution in [0.15, 0.2) is 23.1 Å². The van der Waals surface area contributed by atoms with Crippen molar-refractivity contribution in [3.63, 3.8) is 0 Å². The second-order valence-corrected chi connectivity index (χ2v) is 7.27. The fourth-order valence-corrected chi connectivity index (χ4v) is 3.45. The summed E-state index contributed by atoms with van der Waals surface area (Å²) in [5.74, 6) is 0.366. The molecule has 7 heteroatoms. The Kier molecular flexibility index (Phi) is 4.91. The van der Waals surface area contributed by atoms with Gasteiger partial charge in [0.2, 0.25) is 10.0 Å². The van der Waals surface area contributed by atoms with Gasteiger partial charge in [-0.3, -0.25) is 4.79 Å². The van der Waals surface area contributed by atoms with Crippen molar-refractivity contribution in [2.75, 3.05) is 13.1 Å². The Bertz CT molecular complexity index is 642. The molecule has 0 aliphatic heterocycles. The Morgan fingerprint density at radius 1 is 1.43 bits per heavy atom. The van der Waals surface area contributed by atoms with Crippen molar-refractivity contribution >= 4 is 27.5 Å². The first-order valence-electron chi connectivity index (χ1n) is 6.94. The highest BCUT2D eigenvalue weighted by molar-refractivity contribution is 7.89. The number of nitrogens with two attached hydrogens (primary N) is 1. The van der Waals surface area contributed by atoms with Crippen molar-refractivity contribution < 1.29 is 13.2 Å². The molecule has 1 saturated carbocycles. The molecule has 0 aromatic heterocycles. The fraction of sp³-hybridized carbons (Fsp3) is 0.500. The van der Waals surface area contributed by atoms with Crippen molar-refractivity contribution in [3.8, 4) is 0 Å². The van der Waals surface area contributed by atoms with Crippen LogP contribution in [0, 0.1) is 5.92 Å². The van der Waals surface area contributed by atoms with Gasteiger partial charge in [0, 0.05) is 18.7 Å². The number of halogens is 1. The second kappa shape index (κ2) is 6.34. The van der Waals surface area contributed by atoms with Gasteiger partial charge < -0.3 is 4.90 Å². The molecule has 0 heterocycles. The van der Waals surface area contributed by atoms with Gasteiger partial charge in [0.25, 0.3) is 5.91 Å². The topological polar surface area (TPSA) is 80.5 Å². The van der Waals surface area contributed by atoms with Gasteiger partial charge >= 0.3 is 0 Å². The van der Waals surface area contributed by atoms with Crippen LogP contribution in [0.1, 0.15) is 36.5 Å². The lowest BCUT2D eigenvalue weighted by Gasteiger charge is -2.32. The van der Waals surface area contributed by atoms with Crippen LogP contribution in [-0.4, -0.2) is 32.3 Å². The van der Waals surface area contributed by atoms with Crippen LogP contribution in [0.4, 0.5) is 0 Å². The number of carbonyl (C=O) groups is 1. The van der Waals surface area contributed by atoms with Crippen LogP contribution in [-0.2, 0) is 10.0 Å². The number of nitrogens with zero attached hydrogens (tertiary/aromatic N) is 1. The molecule has 1 aliphatic rings. The minimum Gasteiger partial charge on any atom is -0.339 e. The third-order valence-electron chi connectivity index (χ3n) is 3.86. The van der Waals surface area contributed by atoms with Gasteiger partial charge in [0.15, 0.2) is 0 Å². The Morgan fingerprint density at radius 3 is 2.57 bits per heavy atom. The van der Waals surface area contributed by atoms with Crippen LogP contribution >= 0.6 is 11.6 Å². The van der Waals surface area contributed by atoms with Crippen LogP contribution in [0.3, 0.4) is 0 Å². The van der Waals surface area contributed by atoms with E-state index < -0.39 is 10.0 Å². The van der Waals surface area contributed by atoms with E-state index in [9.17, 15) is 13.2 Å². The van der Waals surface area contributed by atoms with E-state index in [1.165, 1.54) is 24.6 Å². The molecule has 116 valence electrons. The summed E-state index contributed by atoms with van der Waals surface area (Å²) in [5, 5.41) is 5.13. The summed E-state index contributed by atoms with van der Waals surface area (Å²) in [5.41, 5.74) is 0.296. The lowest BCUT2D eigenvalue weighted by atomic mass is 9.85. The molecule has 1 fully saturated rings. The molecule has 0 saturated heterocycles. The van der Waals surface area contributed by atoms with Crippen molar-refractivity contribution in [2.45, 2.75) is 31.1 Å². The van der Waals surface area contributed by atoms with Gasteiger partial charge in [0.1, 0.15) is 4.90 Å². The van der Waals surface area contributed by atoms with Crippen LogP contribution in [0.25, 0.3) is 0 Å². The fourth-order valence-electron chi connectivity index (χ4n) is 2.38. The molecule has 1 aliphatic carbocycles.